The third-order valence-corrected chi connectivity index (χ3v) is 3.99. The molecular weight excluding hydrogens is 593 g/mol. The molecule has 0 aliphatic rings. The van der Waals surface area contributed by atoms with E-state index in [4.69, 9.17) is 0 Å². The molecule has 0 atom stereocenters. The summed E-state index contributed by atoms with van der Waals surface area (Å²) >= 11 is 0. The summed E-state index contributed by atoms with van der Waals surface area (Å²) in [6.45, 7) is 0. The van der Waals surface area contributed by atoms with Crippen LogP contribution >= 0.6 is 0 Å². The second kappa shape index (κ2) is 17.0. The molecule has 6 aromatic rings. The van der Waals surface area contributed by atoms with Crippen molar-refractivity contribution in [2.24, 2.45) is 0 Å². The molecule has 14 heteroatoms. The van der Waals surface area contributed by atoms with E-state index in [2.05, 4.69) is 59.8 Å². The molecule has 0 saturated heterocycles. The fourth-order valence-electron chi connectivity index (χ4n) is 2.49. The minimum atomic E-state index is 0. The smallest absolute Gasteiger partial charge is 1.00 e. The van der Waals surface area contributed by atoms with E-state index in [0.29, 0.717) is 34.9 Å². The van der Waals surface area contributed by atoms with Gasteiger partial charge in [0, 0.05) is 74.4 Å². The van der Waals surface area contributed by atoms with Crippen LogP contribution in [0.5, 0.6) is 0 Å². The maximum Gasteiger partial charge on any atom is 2.00 e. The predicted molar refractivity (Wildman–Crippen MR) is 129 cm³/mol. The molecule has 0 aliphatic heterocycles. The average Bonchev–Trinajstić information content (AvgIpc) is 3.01. The van der Waals surface area contributed by atoms with Gasteiger partial charge in [-0.05, 0) is 36.4 Å². The molecular formula is C24H18ClN12Ru+. The van der Waals surface area contributed by atoms with Gasteiger partial charge in [-0.1, -0.05) is 0 Å². The number of hydrogen-bond acceptors (Lipinski definition) is 12. The zero-order valence-electron chi connectivity index (χ0n) is 19.5. The normalized spacial score (nSPS) is 9.16. The van der Waals surface area contributed by atoms with Gasteiger partial charge in [0.05, 0.1) is 0 Å². The first-order chi connectivity index (χ1) is 17.9. The summed E-state index contributed by atoms with van der Waals surface area (Å²) in [4.78, 5) is 48.2. The van der Waals surface area contributed by atoms with Crippen LogP contribution in [0.1, 0.15) is 0 Å². The summed E-state index contributed by atoms with van der Waals surface area (Å²) in [6.07, 6.45) is 20.0. The Bertz CT molecular complexity index is 1120. The molecule has 12 nitrogen and oxygen atoms in total. The molecule has 0 radical (unpaired) electrons. The zero-order valence-corrected chi connectivity index (χ0v) is 22.0. The quantitative estimate of drug-likeness (QED) is 0.244. The monoisotopic (exact) mass is 611 g/mol. The van der Waals surface area contributed by atoms with Crippen LogP contribution in [-0.4, -0.2) is 59.8 Å². The first-order valence-electron chi connectivity index (χ1n) is 10.5. The third-order valence-electron chi connectivity index (χ3n) is 3.99. The molecule has 0 aromatic carbocycles. The minimum Gasteiger partial charge on any atom is -1.00 e. The molecule has 0 unspecified atom stereocenters. The van der Waals surface area contributed by atoms with E-state index in [1.807, 2.05) is 0 Å². The Morgan fingerprint density at radius 3 is 0.447 bits per heavy atom. The molecule has 0 bridgehead atoms. The third kappa shape index (κ3) is 9.45. The Morgan fingerprint density at radius 2 is 0.342 bits per heavy atom. The van der Waals surface area contributed by atoms with Crippen LogP contribution in [0.3, 0.4) is 0 Å². The Balaban J connectivity index is 0.000000195. The summed E-state index contributed by atoms with van der Waals surface area (Å²) in [7, 11) is 0. The molecule has 38 heavy (non-hydrogen) atoms. The first kappa shape index (κ1) is 29.6. The molecule has 6 aromatic heterocycles. The Kier molecular flexibility index (Phi) is 13.2. The largest absolute Gasteiger partial charge is 2.00 e. The van der Waals surface area contributed by atoms with Crippen LogP contribution in [0.15, 0.2) is 111 Å². The molecule has 0 N–H and O–H groups in total. The van der Waals surface area contributed by atoms with Crippen LogP contribution in [0.4, 0.5) is 0 Å². The molecule has 0 fully saturated rings. The van der Waals surface area contributed by atoms with Gasteiger partial charge < -0.3 is 12.4 Å². The van der Waals surface area contributed by atoms with Gasteiger partial charge in [0.15, 0.2) is 34.9 Å². The number of halogens is 1. The van der Waals surface area contributed by atoms with E-state index < -0.39 is 0 Å². The summed E-state index contributed by atoms with van der Waals surface area (Å²) < 4.78 is 0. The van der Waals surface area contributed by atoms with Crippen LogP contribution in [-0.2, 0) is 19.5 Å². The van der Waals surface area contributed by atoms with Gasteiger partial charge in [0.2, 0.25) is 0 Å². The molecule has 0 aliphatic carbocycles. The summed E-state index contributed by atoms with van der Waals surface area (Å²) in [6, 6.07) is 10.5. The number of aromatic nitrogens is 12. The van der Waals surface area contributed by atoms with Crippen molar-refractivity contribution in [1.29, 1.82) is 0 Å². The van der Waals surface area contributed by atoms with Crippen molar-refractivity contribution in [3.8, 4) is 34.9 Å². The van der Waals surface area contributed by atoms with Crippen molar-refractivity contribution < 1.29 is 31.9 Å². The Morgan fingerprint density at radius 1 is 0.237 bits per heavy atom. The number of nitrogens with zero attached hydrogens (tertiary/aromatic N) is 12. The average molecular weight is 611 g/mol. The molecule has 6 heterocycles. The van der Waals surface area contributed by atoms with E-state index >= 15 is 0 Å². The van der Waals surface area contributed by atoms with Gasteiger partial charge in [-0.15, -0.1) is 0 Å². The van der Waals surface area contributed by atoms with E-state index in [9.17, 15) is 0 Å². The van der Waals surface area contributed by atoms with Crippen LogP contribution in [0.25, 0.3) is 34.9 Å². The summed E-state index contributed by atoms with van der Waals surface area (Å²) in [5.74, 6) is 3.32. The minimum absolute atomic E-state index is 0. The van der Waals surface area contributed by atoms with Crippen LogP contribution in [0, 0.1) is 0 Å². The van der Waals surface area contributed by atoms with Crippen molar-refractivity contribution >= 4 is 0 Å². The SMILES string of the molecule is [Cl-].[Ru+2].c1cnc(-c2ncccn2)nc1.c1cnc(-c2ncccn2)nc1.c1cnc(-c2ncccn2)nc1. The maximum absolute atomic E-state index is 4.01. The van der Waals surface area contributed by atoms with Crippen molar-refractivity contribution in [2.45, 2.75) is 0 Å². The van der Waals surface area contributed by atoms with Gasteiger partial charge in [-0.25, -0.2) is 59.8 Å². The molecule has 6 rings (SSSR count). The first-order valence-corrected chi connectivity index (χ1v) is 10.5. The zero-order chi connectivity index (χ0) is 24.7. The predicted octanol–water partition coefficient (Wildman–Crippen LogP) is -0.198. The van der Waals surface area contributed by atoms with Crippen molar-refractivity contribution in [3.63, 3.8) is 0 Å². The Hall–Kier alpha value is -4.61. The maximum atomic E-state index is 4.01. The van der Waals surface area contributed by atoms with Crippen molar-refractivity contribution in [3.05, 3.63) is 111 Å². The number of rotatable bonds is 3. The van der Waals surface area contributed by atoms with Gasteiger partial charge >= 0.3 is 19.5 Å². The molecule has 188 valence electrons. The van der Waals surface area contributed by atoms with Crippen molar-refractivity contribution in [2.75, 3.05) is 0 Å². The van der Waals surface area contributed by atoms with Gasteiger partial charge in [-0.3, -0.25) is 0 Å². The van der Waals surface area contributed by atoms with Gasteiger partial charge in [0.1, 0.15) is 0 Å². The van der Waals surface area contributed by atoms with Crippen LogP contribution < -0.4 is 12.4 Å². The fraction of sp³-hybridized carbons (Fsp3) is 0. The van der Waals surface area contributed by atoms with E-state index in [1.165, 1.54) is 0 Å². The molecule has 0 amide bonds. The summed E-state index contributed by atoms with van der Waals surface area (Å²) in [5, 5.41) is 0. The molecule has 0 spiro atoms. The van der Waals surface area contributed by atoms with Crippen LogP contribution in [0.2, 0.25) is 0 Å². The van der Waals surface area contributed by atoms with E-state index in [0.717, 1.165) is 0 Å². The number of hydrogen-bond donors (Lipinski definition) is 0. The summed E-state index contributed by atoms with van der Waals surface area (Å²) in [5.41, 5.74) is 0. The fourth-order valence-corrected chi connectivity index (χ4v) is 2.49. The second-order valence-corrected chi connectivity index (χ2v) is 6.43. The molecule has 0 saturated carbocycles. The van der Waals surface area contributed by atoms with E-state index in [-0.39, 0.29) is 31.9 Å². The van der Waals surface area contributed by atoms with Crippen molar-refractivity contribution in [1.82, 2.24) is 59.8 Å². The standard InChI is InChI=1S/3C8H6N4.ClH.Ru/c3*1-3-9-7(10-4-1)8-11-5-2-6-12-8;;/h3*1-6H;1H;/q;;;;+2/p-1. The van der Waals surface area contributed by atoms with Gasteiger partial charge in [0.25, 0.3) is 0 Å². The topological polar surface area (TPSA) is 155 Å². The van der Waals surface area contributed by atoms with E-state index in [1.54, 1.807) is 111 Å². The second-order valence-electron chi connectivity index (χ2n) is 6.43. The Labute approximate surface area is 236 Å². The van der Waals surface area contributed by atoms with Gasteiger partial charge in [-0.2, -0.15) is 0 Å².